The minimum absolute atomic E-state index is 0.00260. The van der Waals surface area contributed by atoms with Gasteiger partial charge in [-0.3, -0.25) is 18.7 Å². The average molecular weight is 418 g/mol. The number of nitrogens with zero attached hydrogens (tertiary/aromatic N) is 4. The smallest absolute Gasteiger partial charge is 0.335 e. The van der Waals surface area contributed by atoms with Crippen molar-refractivity contribution in [2.24, 2.45) is 0 Å². The third-order valence-corrected chi connectivity index (χ3v) is 5.78. The molecule has 7 heteroatoms. The van der Waals surface area contributed by atoms with Crippen molar-refractivity contribution in [3.63, 3.8) is 0 Å². The molecule has 1 saturated heterocycles. The Morgan fingerprint density at radius 2 is 1.45 bits per heavy atom. The fourth-order valence-electron chi connectivity index (χ4n) is 4.16. The van der Waals surface area contributed by atoms with Crippen molar-refractivity contribution in [1.29, 1.82) is 0 Å². The first-order chi connectivity index (χ1) is 15.0. The number of piperazine rings is 1. The lowest BCUT2D eigenvalue weighted by Gasteiger charge is -2.36. The van der Waals surface area contributed by atoms with Gasteiger partial charge >= 0.3 is 5.69 Å². The molecule has 1 aliphatic rings. The van der Waals surface area contributed by atoms with E-state index in [2.05, 4.69) is 0 Å². The molecule has 4 rings (SSSR count). The number of amides is 1. The van der Waals surface area contributed by atoms with Gasteiger partial charge in [0.05, 0.1) is 11.4 Å². The van der Waals surface area contributed by atoms with Crippen LogP contribution < -0.4 is 16.1 Å². The van der Waals surface area contributed by atoms with Crippen LogP contribution in [-0.2, 0) is 6.54 Å². The fraction of sp³-hybridized carbons (Fsp3) is 0.292. The molecule has 1 amide bonds. The summed E-state index contributed by atoms with van der Waals surface area (Å²) in [6.07, 6.45) is 0. The Kier molecular flexibility index (Phi) is 5.75. The zero-order valence-corrected chi connectivity index (χ0v) is 17.8. The third kappa shape index (κ3) is 3.79. The van der Waals surface area contributed by atoms with E-state index in [0.717, 1.165) is 5.69 Å². The van der Waals surface area contributed by atoms with Crippen molar-refractivity contribution in [1.82, 2.24) is 14.0 Å². The van der Waals surface area contributed by atoms with E-state index in [4.69, 9.17) is 0 Å². The minimum Gasteiger partial charge on any atom is -0.362 e. The predicted molar refractivity (Wildman–Crippen MR) is 121 cm³/mol. The van der Waals surface area contributed by atoms with Gasteiger partial charge in [-0.25, -0.2) is 4.79 Å². The first-order valence-corrected chi connectivity index (χ1v) is 10.5. The summed E-state index contributed by atoms with van der Waals surface area (Å²) in [7, 11) is 0. The molecule has 160 valence electrons. The van der Waals surface area contributed by atoms with Gasteiger partial charge in [0.2, 0.25) is 0 Å². The molecule has 0 spiro atoms. The summed E-state index contributed by atoms with van der Waals surface area (Å²) in [5.74, 6) is -0.00260. The molecular formula is C24H26N4O3. The highest BCUT2D eigenvalue weighted by Gasteiger charge is 2.27. The summed E-state index contributed by atoms with van der Waals surface area (Å²) in [5.41, 5.74) is 1.92. The highest BCUT2D eigenvalue weighted by Crippen LogP contribution is 2.19. The molecule has 0 atom stereocenters. The maximum absolute atomic E-state index is 13.2. The van der Waals surface area contributed by atoms with Crippen LogP contribution in [0.1, 0.15) is 23.0 Å². The molecule has 0 unspecified atom stereocenters. The van der Waals surface area contributed by atoms with Gasteiger partial charge in [0.1, 0.15) is 5.69 Å². The molecule has 0 aliphatic carbocycles. The number of hydrogen-bond acceptors (Lipinski definition) is 4. The van der Waals surface area contributed by atoms with Gasteiger partial charge in [0.15, 0.2) is 0 Å². The van der Waals surface area contributed by atoms with E-state index in [1.54, 1.807) is 11.5 Å². The first kappa shape index (κ1) is 20.7. The van der Waals surface area contributed by atoms with Crippen LogP contribution in [0, 0.1) is 6.92 Å². The van der Waals surface area contributed by atoms with Crippen molar-refractivity contribution in [3.8, 4) is 5.69 Å². The summed E-state index contributed by atoms with van der Waals surface area (Å²) < 4.78 is 2.87. The van der Waals surface area contributed by atoms with Gasteiger partial charge in [-0.1, -0.05) is 36.4 Å². The first-order valence-electron chi connectivity index (χ1n) is 10.5. The van der Waals surface area contributed by atoms with Crippen LogP contribution in [0.2, 0.25) is 0 Å². The summed E-state index contributed by atoms with van der Waals surface area (Å²) in [6, 6.07) is 18.6. The maximum Gasteiger partial charge on any atom is 0.335 e. The lowest BCUT2D eigenvalue weighted by molar-refractivity contribution is 0.0746. The average Bonchev–Trinajstić information content (AvgIpc) is 2.80. The summed E-state index contributed by atoms with van der Waals surface area (Å²) in [6.45, 7) is 6.01. The van der Waals surface area contributed by atoms with Crippen molar-refractivity contribution in [2.75, 3.05) is 31.1 Å². The van der Waals surface area contributed by atoms with Gasteiger partial charge in [-0.05, 0) is 38.1 Å². The summed E-state index contributed by atoms with van der Waals surface area (Å²) >= 11 is 0. The monoisotopic (exact) mass is 418 g/mol. The Morgan fingerprint density at radius 3 is 2.03 bits per heavy atom. The minimum atomic E-state index is -0.335. The molecule has 1 fully saturated rings. The number of benzene rings is 2. The van der Waals surface area contributed by atoms with E-state index >= 15 is 0 Å². The van der Waals surface area contributed by atoms with E-state index in [9.17, 15) is 14.4 Å². The molecule has 7 nitrogen and oxygen atoms in total. The predicted octanol–water partition coefficient (Wildman–Crippen LogP) is 2.29. The van der Waals surface area contributed by atoms with Crippen LogP contribution >= 0.6 is 0 Å². The quantitative estimate of drug-likeness (QED) is 0.652. The van der Waals surface area contributed by atoms with Crippen LogP contribution in [0.5, 0.6) is 0 Å². The normalized spacial score (nSPS) is 14.0. The molecule has 0 bridgehead atoms. The van der Waals surface area contributed by atoms with Crippen LogP contribution in [0.3, 0.4) is 0 Å². The SMILES string of the molecule is CCn1c(=O)c(N2CCN(C(=O)c3ccccc3)CC2)c(C)n(-c2ccccc2)c1=O. The second kappa shape index (κ2) is 8.63. The zero-order chi connectivity index (χ0) is 22.0. The molecule has 3 aromatic rings. The number of para-hydroxylation sites is 1. The molecule has 0 saturated carbocycles. The number of hydrogen-bond donors (Lipinski definition) is 0. The fourth-order valence-corrected chi connectivity index (χ4v) is 4.16. The number of carbonyl (C=O) groups is 1. The number of anilines is 1. The number of rotatable bonds is 4. The van der Waals surface area contributed by atoms with Gasteiger partial charge in [0, 0.05) is 38.3 Å². The highest BCUT2D eigenvalue weighted by molar-refractivity contribution is 5.94. The standard InChI is InChI=1S/C24H26N4O3/c1-3-27-23(30)21(18(2)28(24(27)31)20-12-8-5-9-13-20)25-14-16-26(17-15-25)22(29)19-10-6-4-7-11-19/h4-13H,3,14-17H2,1-2H3. The van der Waals surface area contributed by atoms with Crippen molar-refractivity contribution in [2.45, 2.75) is 20.4 Å². The molecule has 2 heterocycles. The van der Waals surface area contributed by atoms with Crippen molar-refractivity contribution < 1.29 is 4.79 Å². The van der Waals surface area contributed by atoms with Gasteiger partial charge in [-0.15, -0.1) is 0 Å². The van der Waals surface area contributed by atoms with E-state index in [-0.39, 0.29) is 17.2 Å². The number of carbonyl (C=O) groups excluding carboxylic acids is 1. The number of aromatic nitrogens is 2. The molecular weight excluding hydrogens is 392 g/mol. The Labute approximate surface area is 180 Å². The molecule has 0 N–H and O–H groups in total. The lowest BCUT2D eigenvalue weighted by Crippen LogP contribution is -2.52. The Morgan fingerprint density at radius 1 is 0.871 bits per heavy atom. The van der Waals surface area contributed by atoms with Crippen LogP contribution in [0.15, 0.2) is 70.3 Å². The van der Waals surface area contributed by atoms with Crippen molar-refractivity contribution >= 4 is 11.6 Å². The second-order valence-electron chi connectivity index (χ2n) is 7.58. The summed E-state index contributed by atoms with van der Waals surface area (Å²) in [4.78, 5) is 42.8. The van der Waals surface area contributed by atoms with E-state index < -0.39 is 0 Å². The van der Waals surface area contributed by atoms with Crippen LogP contribution in [0.4, 0.5) is 5.69 Å². The van der Waals surface area contributed by atoms with E-state index in [0.29, 0.717) is 49.7 Å². The van der Waals surface area contributed by atoms with E-state index in [1.165, 1.54) is 4.57 Å². The molecule has 0 radical (unpaired) electrons. The van der Waals surface area contributed by atoms with Gasteiger partial charge < -0.3 is 9.80 Å². The van der Waals surface area contributed by atoms with Crippen LogP contribution in [-0.4, -0.2) is 46.1 Å². The van der Waals surface area contributed by atoms with Crippen molar-refractivity contribution in [3.05, 3.63) is 92.8 Å². The Balaban J connectivity index is 1.67. The van der Waals surface area contributed by atoms with Gasteiger partial charge in [0.25, 0.3) is 11.5 Å². The molecule has 1 aliphatic heterocycles. The van der Waals surface area contributed by atoms with Crippen LogP contribution in [0.25, 0.3) is 5.69 Å². The molecule has 31 heavy (non-hydrogen) atoms. The lowest BCUT2D eigenvalue weighted by atomic mass is 10.1. The second-order valence-corrected chi connectivity index (χ2v) is 7.58. The molecule has 1 aromatic heterocycles. The van der Waals surface area contributed by atoms with E-state index in [1.807, 2.05) is 77.4 Å². The maximum atomic E-state index is 13.2. The Hall–Kier alpha value is -3.61. The highest BCUT2D eigenvalue weighted by atomic mass is 16.2. The Bertz CT molecular complexity index is 1190. The third-order valence-electron chi connectivity index (χ3n) is 5.78. The van der Waals surface area contributed by atoms with Gasteiger partial charge in [-0.2, -0.15) is 0 Å². The summed E-state index contributed by atoms with van der Waals surface area (Å²) in [5, 5.41) is 0. The largest absolute Gasteiger partial charge is 0.362 e. The topological polar surface area (TPSA) is 67.6 Å². The molecule has 2 aromatic carbocycles. The zero-order valence-electron chi connectivity index (χ0n) is 17.8.